The van der Waals surface area contributed by atoms with Crippen molar-refractivity contribution in [2.45, 2.75) is 33.7 Å². The summed E-state index contributed by atoms with van der Waals surface area (Å²) in [7, 11) is 0. The van der Waals surface area contributed by atoms with Crippen LogP contribution in [-0.4, -0.2) is 18.2 Å². The highest BCUT2D eigenvalue weighted by Gasteiger charge is 2.14. The van der Waals surface area contributed by atoms with Crippen LogP contribution in [0.25, 0.3) is 11.3 Å². The lowest BCUT2D eigenvalue weighted by Crippen LogP contribution is -2.04. The van der Waals surface area contributed by atoms with E-state index in [2.05, 4.69) is 11.9 Å². The molecule has 0 amide bonds. The SMILES string of the molecule is CCOc1cc(C)c(-c2csc(C(C)N)n2)cc1OCC. The fourth-order valence-electron chi connectivity index (χ4n) is 2.09. The van der Waals surface area contributed by atoms with E-state index in [4.69, 9.17) is 15.2 Å². The number of hydrogen-bond donors (Lipinski definition) is 1. The van der Waals surface area contributed by atoms with Gasteiger partial charge in [0.1, 0.15) is 5.01 Å². The highest BCUT2D eigenvalue weighted by Crippen LogP contribution is 2.36. The fourth-order valence-corrected chi connectivity index (χ4v) is 2.87. The van der Waals surface area contributed by atoms with Gasteiger partial charge in [-0.05, 0) is 45.4 Å². The molecule has 21 heavy (non-hydrogen) atoms. The topological polar surface area (TPSA) is 57.4 Å². The third kappa shape index (κ3) is 3.54. The standard InChI is InChI=1S/C16H22N2O2S/c1-5-19-14-7-10(3)12(8-15(14)20-6-2)13-9-21-16(18-13)11(4)17/h7-9,11H,5-6,17H2,1-4H3. The molecule has 0 radical (unpaired) electrons. The average Bonchev–Trinajstić information content (AvgIpc) is 2.92. The first-order chi connectivity index (χ1) is 10.1. The fraction of sp³-hybridized carbons (Fsp3) is 0.438. The van der Waals surface area contributed by atoms with E-state index in [1.165, 1.54) is 0 Å². The lowest BCUT2D eigenvalue weighted by molar-refractivity contribution is 0.287. The van der Waals surface area contributed by atoms with Gasteiger partial charge < -0.3 is 15.2 Å². The van der Waals surface area contributed by atoms with Gasteiger partial charge in [-0.25, -0.2) is 4.98 Å². The number of aryl methyl sites for hydroxylation is 1. The van der Waals surface area contributed by atoms with Crippen LogP contribution < -0.4 is 15.2 Å². The zero-order valence-corrected chi connectivity index (χ0v) is 13.8. The second-order valence-electron chi connectivity index (χ2n) is 4.84. The summed E-state index contributed by atoms with van der Waals surface area (Å²) in [5.74, 6) is 1.54. The Morgan fingerprint density at radius 3 is 2.33 bits per heavy atom. The van der Waals surface area contributed by atoms with Crippen molar-refractivity contribution in [1.29, 1.82) is 0 Å². The van der Waals surface area contributed by atoms with Crippen molar-refractivity contribution >= 4 is 11.3 Å². The molecule has 0 aliphatic heterocycles. The molecule has 1 unspecified atom stereocenters. The van der Waals surface area contributed by atoms with Crippen molar-refractivity contribution < 1.29 is 9.47 Å². The van der Waals surface area contributed by atoms with E-state index in [1.807, 2.05) is 38.3 Å². The first kappa shape index (κ1) is 15.8. The first-order valence-electron chi connectivity index (χ1n) is 7.18. The number of rotatable bonds is 6. The van der Waals surface area contributed by atoms with Crippen molar-refractivity contribution in [3.05, 3.63) is 28.1 Å². The molecule has 5 heteroatoms. The van der Waals surface area contributed by atoms with Crippen LogP contribution in [0.3, 0.4) is 0 Å². The van der Waals surface area contributed by atoms with Crippen molar-refractivity contribution in [1.82, 2.24) is 4.98 Å². The van der Waals surface area contributed by atoms with E-state index in [-0.39, 0.29) is 6.04 Å². The van der Waals surface area contributed by atoms with Crippen LogP contribution in [0, 0.1) is 6.92 Å². The maximum atomic E-state index is 5.89. The van der Waals surface area contributed by atoms with Crippen LogP contribution >= 0.6 is 11.3 Å². The summed E-state index contributed by atoms with van der Waals surface area (Å²) in [6.07, 6.45) is 0. The van der Waals surface area contributed by atoms with Crippen LogP contribution in [0.15, 0.2) is 17.5 Å². The number of nitrogens with zero attached hydrogens (tertiary/aromatic N) is 1. The van der Waals surface area contributed by atoms with Crippen LogP contribution in [0.1, 0.15) is 37.4 Å². The minimum absolute atomic E-state index is 0.0434. The Morgan fingerprint density at radius 1 is 1.19 bits per heavy atom. The van der Waals surface area contributed by atoms with E-state index >= 15 is 0 Å². The van der Waals surface area contributed by atoms with Crippen molar-refractivity contribution in [3.63, 3.8) is 0 Å². The molecule has 2 N–H and O–H groups in total. The molecule has 4 nitrogen and oxygen atoms in total. The summed E-state index contributed by atoms with van der Waals surface area (Å²) in [6.45, 7) is 9.15. The van der Waals surface area contributed by atoms with Gasteiger partial charge in [0, 0.05) is 10.9 Å². The molecule has 0 aliphatic rings. The Labute approximate surface area is 129 Å². The Bertz CT molecular complexity index is 608. The summed E-state index contributed by atoms with van der Waals surface area (Å²) < 4.78 is 11.3. The van der Waals surface area contributed by atoms with E-state index in [0.29, 0.717) is 13.2 Å². The molecule has 2 aromatic rings. The lowest BCUT2D eigenvalue weighted by Gasteiger charge is -2.14. The average molecular weight is 306 g/mol. The predicted molar refractivity (Wildman–Crippen MR) is 87.2 cm³/mol. The number of nitrogens with two attached hydrogens (primary N) is 1. The summed E-state index contributed by atoms with van der Waals surface area (Å²) >= 11 is 1.59. The highest BCUT2D eigenvalue weighted by molar-refractivity contribution is 7.10. The molecule has 1 aromatic heterocycles. The van der Waals surface area contributed by atoms with Crippen molar-refractivity contribution in [2.75, 3.05) is 13.2 Å². The van der Waals surface area contributed by atoms with Crippen molar-refractivity contribution in [2.24, 2.45) is 5.73 Å². The number of thiazole rings is 1. The molecular weight excluding hydrogens is 284 g/mol. The zero-order chi connectivity index (χ0) is 15.4. The second-order valence-corrected chi connectivity index (χ2v) is 5.73. The molecule has 0 fully saturated rings. The Morgan fingerprint density at radius 2 is 1.81 bits per heavy atom. The molecule has 2 rings (SSSR count). The van der Waals surface area contributed by atoms with Crippen LogP contribution in [0.5, 0.6) is 11.5 Å². The van der Waals surface area contributed by atoms with Gasteiger partial charge in [-0.15, -0.1) is 11.3 Å². The quantitative estimate of drug-likeness (QED) is 0.878. The van der Waals surface area contributed by atoms with E-state index in [9.17, 15) is 0 Å². The Balaban J connectivity index is 2.44. The van der Waals surface area contributed by atoms with Gasteiger partial charge in [-0.3, -0.25) is 0 Å². The molecule has 114 valence electrons. The maximum absolute atomic E-state index is 5.89. The van der Waals surface area contributed by atoms with E-state index < -0.39 is 0 Å². The summed E-state index contributed by atoms with van der Waals surface area (Å²) in [6, 6.07) is 3.97. The van der Waals surface area contributed by atoms with Crippen LogP contribution in [0.2, 0.25) is 0 Å². The molecule has 0 saturated carbocycles. The van der Waals surface area contributed by atoms with Crippen molar-refractivity contribution in [3.8, 4) is 22.8 Å². The first-order valence-corrected chi connectivity index (χ1v) is 8.06. The van der Waals surface area contributed by atoms with Gasteiger partial charge in [0.25, 0.3) is 0 Å². The number of hydrogen-bond acceptors (Lipinski definition) is 5. The Kier molecular flexibility index (Phi) is 5.20. The molecule has 1 aromatic carbocycles. The zero-order valence-electron chi connectivity index (χ0n) is 13.0. The van der Waals surface area contributed by atoms with Gasteiger partial charge in [0.2, 0.25) is 0 Å². The summed E-state index contributed by atoms with van der Waals surface area (Å²) in [5.41, 5.74) is 9.00. The minimum Gasteiger partial charge on any atom is -0.490 e. The predicted octanol–water partition coefficient (Wildman–Crippen LogP) is 3.94. The molecule has 0 aliphatic carbocycles. The van der Waals surface area contributed by atoms with Crippen LogP contribution in [-0.2, 0) is 0 Å². The van der Waals surface area contributed by atoms with E-state index in [1.54, 1.807) is 11.3 Å². The second kappa shape index (κ2) is 6.91. The number of ether oxygens (including phenoxy) is 2. The highest BCUT2D eigenvalue weighted by atomic mass is 32.1. The molecule has 1 heterocycles. The third-order valence-corrected chi connectivity index (χ3v) is 4.12. The lowest BCUT2D eigenvalue weighted by atomic mass is 10.1. The monoisotopic (exact) mass is 306 g/mol. The molecule has 0 spiro atoms. The summed E-state index contributed by atoms with van der Waals surface area (Å²) in [4.78, 5) is 4.61. The number of aromatic nitrogens is 1. The molecule has 1 atom stereocenters. The summed E-state index contributed by atoms with van der Waals surface area (Å²) in [5, 5.41) is 2.98. The van der Waals surface area contributed by atoms with Gasteiger partial charge in [-0.1, -0.05) is 0 Å². The molecule has 0 bridgehead atoms. The van der Waals surface area contributed by atoms with Gasteiger partial charge >= 0.3 is 0 Å². The normalized spacial score (nSPS) is 12.2. The minimum atomic E-state index is -0.0434. The maximum Gasteiger partial charge on any atom is 0.161 e. The van der Waals surface area contributed by atoms with Gasteiger partial charge in [-0.2, -0.15) is 0 Å². The largest absolute Gasteiger partial charge is 0.490 e. The van der Waals surface area contributed by atoms with E-state index in [0.717, 1.165) is 33.3 Å². The molecular formula is C16H22N2O2S. The third-order valence-electron chi connectivity index (χ3n) is 3.08. The molecule has 0 saturated heterocycles. The van der Waals surface area contributed by atoms with Gasteiger partial charge in [0.15, 0.2) is 11.5 Å². The Hall–Kier alpha value is -1.59. The van der Waals surface area contributed by atoms with Gasteiger partial charge in [0.05, 0.1) is 24.9 Å². The smallest absolute Gasteiger partial charge is 0.161 e. The van der Waals surface area contributed by atoms with Crippen LogP contribution in [0.4, 0.5) is 0 Å². The number of benzene rings is 1.